The highest BCUT2D eigenvalue weighted by molar-refractivity contribution is 7.90. The molecule has 2 N–H and O–H groups in total. The summed E-state index contributed by atoms with van der Waals surface area (Å²) in [5.74, 6) is 0.532. The summed E-state index contributed by atoms with van der Waals surface area (Å²) in [7, 11) is -3.28. The van der Waals surface area contributed by atoms with Gasteiger partial charge in [-0.1, -0.05) is 41.7 Å². The lowest BCUT2D eigenvalue weighted by Crippen LogP contribution is -2.46. The van der Waals surface area contributed by atoms with Gasteiger partial charge in [-0.25, -0.2) is 13.1 Å². The molecule has 27 heavy (non-hydrogen) atoms. The van der Waals surface area contributed by atoms with Gasteiger partial charge in [0.25, 0.3) is 0 Å². The van der Waals surface area contributed by atoms with Gasteiger partial charge in [-0.15, -0.1) is 10.2 Å². The van der Waals surface area contributed by atoms with Crippen LogP contribution in [-0.4, -0.2) is 35.9 Å². The van der Waals surface area contributed by atoms with Crippen molar-refractivity contribution in [3.8, 4) is 10.6 Å². The molecule has 1 aliphatic carbocycles. The van der Waals surface area contributed by atoms with Gasteiger partial charge in [-0.05, 0) is 52.4 Å². The first-order valence-electron chi connectivity index (χ1n) is 9.39. The van der Waals surface area contributed by atoms with Gasteiger partial charge in [0, 0.05) is 18.2 Å². The number of anilines is 1. The first kappa shape index (κ1) is 20.2. The van der Waals surface area contributed by atoms with Crippen molar-refractivity contribution in [1.82, 2.24) is 14.9 Å². The van der Waals surface area contributed by atoms with Gasteiger partial charge in [-0.3, -0.25) is 0 Å². The van der Waals surface area contributed by atoms with Crippen LogP contribution in [0.15, 0.2) is 30.3 Å². The summed E-state index contributed by atoms with van der Waals surface area (Å²) >= 11 is 1.56. The Morgan fingerprint density at radius 2 is 1.74 bits per heavy atom. The molecule has 0 bridgehead atoms. The Bertz CT molecular complexity index is 836. The highest BCUT2D eigenvalue weighted by Crippen LogP contribution is 2.29. The second kappa shape index (κ2) is 8.24. The second-order valence-corrected chi connectivity index (χ2v) is 11.6. The fraction of sp³-hybridized carbons (Fsp3) is 0.579. The zero-order chi connectivity index (χ0) is 19.5. The van der Waals surface area contributed by atoms with Gasteiger partial charge in [-0.2, -0.15) is 0 Å². The maximum Gasteiger partial charge on any atom is 0.216 e. The third-order valence-electron chi connectivity index (χ3n) is 4.96. The van der Waals surface area contributed by atoms with Crippen molar-refractivity contribution >= 4 is 26.5 Å². The van der Waals surface area contributed by atoms with Gasteiger partial charge >= 0.3 is 0 Å². The van der Waals surface area contributed by atoms with E-state index in [1.807, 2.05) is 30.3 Å². The van der Waals surface area contributed by atoms with Crippen molar-refractivity contribution < 1.29 is 8.42 Å². The molecule has 0 amide bonds. The predicted molar refractivity (Wildman–Crippen MR) is 111 cm³/mol. The van der Waals surface area contributed by atoms with Crippen molar-refractivity contribution in [3.63, 3.8) is 0 Å². The first-order chi connectivity index (χ1) is 12.7. The van der Waals surface area contributed by atoms with E-state index in [0.717, 1.165) is 47.9 Å². The van der Waals surface area contributed by atoms with Crippen molar-refractivity contribution in [2.24, 2.45) is 5.92 Å². The van der Waals surface area contributed by atoms with E-state index in [1.54, 1.807) is 32.1 Å². The van der Waals surface area contributed by atoms with Crippen LogP contribution in [0.5, 0.6) is 0 Å². The molecular formula is C19H28N4O2S2. The molecule has 0 atom stereocenters. The van der Waals surface area contributed by atoms with Crippen LogP contribution < -0.4 is 10.0 Å². The average Bonchev–Trinajstić information content (AvgIpc) is 3.10. The minimum Gasteiger partial charge on any atom is -0.360 e. The number of hydrogen-bond donors (Lipinski definition) is 2. The number of hydrogen-bond acceptors (Lipinski definition) is 6. The molecule has 0 spiro atoms. The van der Waals surface area contributed by atoms with Gasteiger partial charge in [0.15, 0.2) is 0 Å². The van der Waals surface area contributed by atoms with Crippen LogP contribution in [0.3, 0.4) is 0 Å². The summed E-state index contributed by atoms with van der Waals surface area (Å²) in [5.41, 5.74) is 1.08. The van der Waals surface area contributed by atoms with E-state index in [4.69, 9.17) is 0 Å². The number of benzene rings is 1. The maximum atomic E-state index is 12.3. The molecule has 1 heterocycles. The third-order valence-corrected chi connectivity index (χ3v) is 8.15. The standard InChI is InChI=1S/C19H28N4O2S2/c1-19(2,3)27(24,25)23-16-11-9-14(10-12-16)13-20-18-22-21-17(26-18)15-7-5-4-6-8-15/h4-8,14,16,23H,9-13H2,1-3H3,(H,20,22). The third kappa shape index (κ3) is 5.27. The largest absolute Gasteiger partial charge is 0.360 e. The SMILES string of the molecule is CC(C)(C)S(=O)(=O)NC1CCC(CNc2nnc(-c3ccccc3)s2)CC1. The quantitative estimate of drug-likeness (QED) is 0.757. The lowest BCUT2D eigenvalue weighted by Gasteiger charge is -2.31. The van der Waals surface area contributed by atoms with Crippen LogP contribution in [0.2, 0.25) is 0 Å². The predicted octanol–water partition coefficient (Wildman–Crippen LogP) is 3.89. The second-order valence-electron chi connectivity index (χ2n) is 8.11. The van der Waals surface area contributed by atoms with E-state index in [9.17, 15) is 8.42 Å². The lowest BCUT2D eigenvalue weighted by atomic mass is 9.86. The smallest absolute Gasteiger partial charge is 0.216 e. The molecule has 8 heteroatoms. The van der Waals surface area contributed by atoms with Gasteiger partial charge in [0.2, 0.25) is 15.2 Å². The van der Waals surface area contributed by atoms with Crippen molar-refractivity contribution in [3.05, 3.63) is 30.3 Å². The van der Waals surface area contributed by atoms with Gasteiger partial charge in [0.1, 0.15) is 5.01 Å². The molecule has 1 aliphatic rings. The molecule has 1 aromatic carbocycles. The van der Waals surface area contributed by atoms with E-state index in [1.165, 1.54) is 0 Å². The molecule has 0 saturated heterocycles. The van der Waals surface area contributed by atoms with Crippen molar-refractivity contribution in [1.29, 1.82) is 0 Å². The normalized spacial score (nSPS) is 21.1. The maximum absolute atomic E-state index is 12.3. The summed E-state index contributed by atoms with van der Waals surface area (Å²) < 4.78 is 26.7. The molecule has 1 fully saturated rings. The first-order valence-corrected chi connectivity index (χ1v) is 11.7. The molecule has 1 aromatic heterocycles. The summed E-state index contributed by atoms with van der Waals surface area (Å²) in [6, 6.07) is 10.1. The van der Waals surface area contributed by atoms with Crippen LogP contribution in [0.1, 0.15) is 46.5 Å². The topological polar surface area (TPSA) is 84.0 Å². The lowest BCUT2D eigenvalue weighted by molar-refractivity contribution is 0.322. The van der Waals surface area contributed by atoms with E-state index in [0.29, 0.717) is 5.92 Å². The minimum absolute atomic E-state index is 0.0525. The van der Waals surface area contributed by atoms with E-state index in [2.05, 4.69) is 20.2 Å². The molecule has 6 nitrogen and oxygen atoms in total. The highest BCUT2D eigenvalue weighted by Gasteiger charge is 2.32. The number of aromatic nitrogens is 2. The molecule has 2 aromatic rings. The fourth-order valence-corrected chi connectivity index (χ4v) is 4.89. The highest BCUT2D eigenvalue weighted by atomic mass is 32.2. The van der Waals surface area contributed by atoms with Crippen LogP contribution in [-0.2, 0) is 10.0 Å². The van der Waals surface area contributed by atoms with Crippen LogP contribution in [0.4, 0.5) is 5.13 Å². The average molecular weight is 409 g/mol. The molecule has 0 unspecified atom stereocenters. The summed E-state index contributed by atoms with van der Waals surface area (Å²) in [4.78, 5) is 0. The van der Waals surface area contributed by atoms with Crippen molar-refractivity contribution in [2.75, 3.05) is 11.9 Å². The Kier molecular flexibility index (Phi) is 6.18. The van der Waals surface area contributed by atoms with Crippen LogP contribution in [0.25, 0.3) is 10.6 Å². The Balaban J connectivity index is 1.46. The van der Waals surface area contributed by atoms with E-state index in [-0.39, 0.29) is 6.04 Å². The number of sulfonamides is 1. The Morgan fingerprint density at radius 3 is 2.37 bits per heavy atom. The zero-order valence-electron chi connectivity index (χ0n) is 16.1. The minimum atomic E-state index is -3.28. The molecule has 3 rings (SSSR count). The molecule has 0 aliphatic heterocycles. The van der Waals surface area contributed by atoms with Gasteiger partial charge in [0.05, 0.1) is 4.75 Å². The Labute approximate surface area is 165 Å². The Morgan fingerprint density at radius 1 is 1.07 bits per heavy atom. The van der Waals surface area contributed by atoms with E-state index < -0.39 is 14.8 Å². The summed E-state index contributed by atoms with van der Waals surface area (Å²) in [6.07, 6.45) is 3.78. The molecular weight excluding hydrogens is 380 g/mol. The number of nitrogens with zero attached hydrogens (tertiary/aromatic N) is 2. The summed E-state index contributed by atoms with van der Waals surface area (Å²) in [5, 5.41) is 13.6. The number of nitrogens with one attached hydrogen (secondary N) is 2. The molecule has 0 radical (unpaired) electrons. The van der Waals surface area contributed by atoms with Crippen LogP contribution >= 0.6 is 11.3 Å². The Hall–Kier alpha value is -1.51. The molecule has 148 valence electrons. The fourth-order valence-electron chi connectivity index (χ4n) is 3.10. The van der Waals surface area contributed by atoms with E-state index >= 15 is 0 Å². The van der Waals surface area contributed by atoms with Crippen LogP contribution in [0, 0.1) is 5.92 Å². The monoisotopic (exact) mass is 408 g/mol. The summed E-state index contributed by atoms with van der Waals surface area (Å²) in [6.45, 7) is 6.05. The molecule has 1 saturated carbocycles. The van der Waals surface area contributed by atoms with Gasteiger partial charge < -0.3 is 5.32 Å². The zero-order valence-corrected chi connectivity index (χ0v) is 17.7. The number of rotatable bonds is 6. The van der Waals surface area contributed by atoms with Crippen molar-refractivity contribution in [2.45, 2.75) is 57.2 Å².